The third-order valence-corrected chi connectivity index (χ3v) is 3.03. The van der Waals surface area contributed by atoms with Crippen LogP contribution in [0.15, 0.2) is 18.2 Å². The monoisotopic (exact) mass is 377 g/mol. The molecule has 1 rings (SSSR count). The van der Waals surface area contributed by atoms with E-state index in [4.69, 9.17) is 21.7 Å². The third kappa shape index (κ3) is 7.48. The van der Waals surface area contributed by atoms with Crippen LogP contribution in [0.4, 0.5) is 8.78 Å². The number of carbonyl (C=O) groups excluding carboxylic acids is 1. The summed E-state index contributed by atoms with van der Waals surface area (Å²) in [5, 5.41) is 3.11. The Labute approximate surface area is 150 Å². The molecule has 10 heteroatoms. The van der Waals surface area contributed by atoms with E-state index < -0.39 is 12.5 Å². The second-order valence-electron chi connectivity index (χ2n) is 4.88. The van der Waals surface area contributed by atoms with Crippen molar-refractivity contribution in [3.8, 4) is 11.5 Å². The van der Waals surface area contributed by atoms with Gasteiger partial charge in [0.05, 0.1) is 13.2 Å². The molecule has 140 valence electrons. The minimum absolute atomic E-state index is 0.0442. The van der Waals surface area contributed by atoms with Crippen LogP contribution in [0, 0.1) is 0 Å². The molecule has 7 nitrogen and oxygen atoms in total. The number of hydrazine groups is 1. The van der Waals surface area contributed by atoms with E-state index in [0.29, 0.717) is 6.61 Å². The molecule has 3 N–H and O–H groups in total. The number of rotatable bonds is 8. The molecular weight excluding hydrogens is 356 g/mol. The summed E-state index contributed by atoms with van der Waals surface area (Å²) in [4.78, 5) is 12.1. The molecule has 0 heterocycles. The number of amides is 1. The molecule has 0 saturated carbocycles. The molecule has 0 unspecified atom stereocenters. The average Bonchev–Trinajstić information content (AvgIpc) is 2.54. The van der Waals surface area contributed by atoms with Crippen LogP contribution in [0.1, 0.15) is 24.2 Å². The van der Waals surface area contributed by atoms with E-state index >= 15 is 0 Å². The Kier molecular flexibility index (Phi) is 8.86. The van der Waals surface area contributed by atoms with Crippen molar-refractivity contribution < 1.29 is 27.8 Å². The molecule has 0 saturated heterocycles. The average molecular weight is 377 g/mol. The normalized spacial score (nSPS) is 11.6. The number of hydrogen-bond donors (Lipinski definition) is 3. The van der Waals surface area contributed by atoms with E-state index in [0.717, 1.165) is 0 Å². The first-order valence-corrected chi connectivity index (χ1v) is 7.85. The topological polar surface area (TPSA) is 80.9 Å². The fourth-order valence-electron chi connectivity index (χ4n) is 1.85. The Bertz CT molecular complexity index is 590. The lowest BCUT2D eigenvalue weighted by molar-refractivity contribution is -0.0514. The first-order valence-electron chi connectivity index (χ1n) is 7.44. The van der Waals surface area contributed by atoms with Crippen molar-refractivity contribution in [2.45, 2.75) is 26.5 Å². The van der Waals surface area contributed by atoms with Crippen LogP contribution in [0.5, 0.6) is 11.5 Å². The van der Waals surface area contributed by atoms with Crippen molar-refractivity contribution >= 4 is 23.2 Å². The minimum Gasteiger partial charge on any atom is -0.490 e. The molecule has 1 amide bonds. The van der Waals surface area contributed by atoms with Gasteiger partial charge in [0.25, 0.3) is 5.91 Å². The van der Waals surface area contributed by atoms with E-state index in [1.165, 1.54) is 18.2 Å². The molecular formula is C15H21F2N3O4S. The lowest BCUT2D eigenvalue weighted by Gasteiger charge is -2.17. The van der Waals surface area contributed by atoms with Gasteiger partial charge in [-0.2, -0.15) is 8.78 Å². The molecule has 0 radical (unpaired) electrons. The van der Waals surface area contributed by atoms with Gasteiger partial charge in [0.1, 0.15) is 0 Å². The summed E-state index contributed by atoms with van der Waals surface area (Å²) < 4.78 is 39.3. The van der Waals surface area contributed by atoms with Gasteiger partial charge in [-0.1, -0.05) is 0 Å². The van der Waals surface area contributed by atoms with Gasteiger partial charge in [0.15, 0.2) is 16.6 Å². The lowest BCUT2D eigenvalue weighted by atomic mass is 10.2. The van der Waals surface area contributed by atoms with Crippen molar-refractivity contribution in [2.24, 2.45) is 0 Å². The Morgan fingerprint density at radius 1 is 1.28 bits per heavy atom. The fourth-order valence-corrected chi connectivity index (χ4v) is 2.10. The summed E-state index contributed by atoms with van der Waals surface area (Å²) >= 11 is 5.03. The number of alkyl halides is 2. The number of benzene rings is 1. The van der Waals surface area contributed by atoms with Crippen LogP contribution < -0.4 is 25.6 Å². The van der Waals surface area contributed by atoms with Gasteiger partial charge in [-0.15, -0.1) is 0 Å². The highest BCUT2D eigenvalue weighted by atomic mass is 32.1. The van der Waals surface area contributed by atoms with Crippen molar-refractivity contribution in [1.29, 1.82) is 0 Å². The smallest absolute Gasteiger partial charge is 0.387 e. The van der Waals surface area contributed by atoms with Crippen molar-refractivity contribution in [3.63, 3.8) is 0 Å². The van der Waals surface area contributed by atoms with Crippen molar-refractivity contribution in [1.82, 2.24) is 16.2 Å². The molecule has 1 atom stereocenters. The first-order chi connectivity index (χ1) is 11.9. The van der Waals surface area contributed by atoms with Gasteiger partial charge in [-0.3, -0.25) is 15.6 Å². The maximum Gasteiger partial charge on any atom is 0.387 e. The third-order valence-electron chi connectivity index (χ3n) is 2.81. The zero-order valence-electron chi connectivity index (χ0n) is 14.1. The summed E-state index contributed by atoms with van der Waals surface area (Å²) in [6.07, 6.45) is 0. The minimum atomic E-state index is -2.99. The molecule has 0 bridgehead atoms. The van der Waals surface area contributed by atoms with Crippen molar-refractivity contribution in [3.05, 3.63) is 23.8 Å². The molecule has 0 aromatic heterocycles. The van der Waals surface area contributed by atoms with Crippen LogP contribution in [0.2, 0.25) is 0 Å². The van der Waals surface area contributed by atoms with Crippen LogP contribution >= 0.6 is 12.2 Å². The number of halogens is 2. The summed E-state index contributed by atoms with van der Waals surface area (Å²) in [6.45, 7) is 1.23. The SMILES string of the molecule is CCOc1cc(C(=O)NNC(=S)N[C@H](C)COC)ccc1OC(F)F. The number of nitrogens with one attached hydrogen (secondary N) is 3. The second kappa shape index (κ2) is 10.6. The molecule has 0 aliphatic heterocycles. The number of ether oxygens (including phenoxy) is 3. The Balaban J connectivity index is 2.68. The van der Waals surface area contributed by atoms with Gasteiger partial charge in [-0.25, -0.2) is 0 Å². The summed E-state index contributed by atoms with van der Waals surface area (Å²) in [6, 6.07) is 3.84. The zero-order valence-corrected chi connectivity index (χ0v) is 14.9. The molecule has 0 aliphatic rings. The molecule has 1 aromatic rings. The van der Waals surface area contributed by atoms with E-state index in [1.807, 2.05) is 6.92 Å². The van der Waals surface area contributed by atoms with Gasteiger partial charge < -0.3 is 19.5 Å². The molecule has 0 aliphatic carbocycles. The van der Waals surface area contributed by atoms with E-state index in [2.05, 4.69) is 20.9 Å². The second-order valence-corrected chi connectivity index (χ2v) is 5.29. The maximum atomic E-state index is 12.4. The predicted molar refractivity (Wildman–Crippen MR) is 91.9 cm³/mol. The van der Waals surface area contributed by atoms with Gasteiger partial charge in [-0.05, 0) is 44.3 Å². The van der Waals surface area contributed by atoms with E-state index in [9.17, 15) is 13.6 Å². The van der Waals surface area contributed by atoms with Crippen LogP contribution in [-0.4, -0.2) is 44.0 Å². The molecule has 1 aromatic carbocycles. The van der Waals surface area contributed by atoms with E-state index in [1.54, 1.807) is 14.0 Å². The number of methoxy groups -OCH3 is 1. The summed E-state index contributed by atoms with van der Waals surface area (Å²) in [5.41, 5.74) is 5.12. The largest absolute Gasteiger partial charge is 0.490 e. The highest BCUT2D eigenvalue weighted by Gasteiger charge is 2.15. The predicted octanol–water partition coefficient (Wildman–Crippen LogP) is 1.83. The summed E-state index contributed by atoms with van der Waals surface area (Å²) in [7, 11) is 1.56. The Morgan fingerprint density at radius 2 is 2.00 bits per heavy atom. The highest BCUT2D eigenvalue weighted by Crippen LogP contribution is 2.29. The summed E-state index contributed by atoms with van der Waals surface area (Å²) in [5.74, 6) is -0.620. The Morgan fingerprint density at radius 3 is 2.60 bits per heavy atom. The van der Waals surface area contributed by atoms with Gasteiger partial charge >= 0.3 is 6.61 Å². The number of carbonyl (C=O) groups is 1. The highest BCUT2D eigenvalue weighted by molar-refractivity contribution is 7.80. The zero-order chi connectivity index (χ0) is 18.8. The number of hydrogen-bond acceptors (Lipinski definition) is 5. The molecule has 0 fully saturated rings. The van der Waals surface area contributed by atoms with Crippen LogP contribution in [0.25, 0.3) is 0 Å². The first kappa shape index (κ1) is 20.8. The number of thiocarbonyl (C=S) groups is 1. The lowest BCUT2D eigenvalue weighted by Crippen LogP contribution is -2.49. The maximum absolute atomic E-state index is 12.4. The van der Waals surface area contributed by atoms with Crippen molar-refractivity contribution in [2.75, 3.05) is 20.3 Å². The standard InChI is InChI=1S/C15H21F2N3O4S/c1-4-23-12-7-10(5-6-11(12)24-14(16)17)13(21)19-20-15(25)18-9(2)8-22-3/h5-7,9,14H,4,8H2,1-3H3,(H,19,21)(H2,18,20,25)/t9-/m1/s1. The quantitative estimate of drug-likeness (QED) is 0.471. The van der Waals surface area contributed by atoms with E-state index in [-0.39, 0.29) is 34.8 Å². The van der Waals surface area contributed by atoms with Gasteiger partial charge in [0, 0.05) is 18.7 Å². The van der Waals surface area contributed by atoms with Gasteiger partial charge in [0.2, 0.25) is 0 Å². The van der Waals surface area contributed by atoms with Crippen LogP contribution in [-0.2, 0) is 4.74 Å². The molecule has 0 spiro atoms. The Hall–Kier alpha value is -2.20. The molecule has 25 heavy (non-hydrogen) atoms. The van der Waals surface area contributed by atoms with Crippen LogP contribution in [0.3, 0.4) is 0 Å². The fraction of sp³-hybridized carbons (Fsp3) is 0.467.